The normalized spacial score (nSPS) is 18.0. The average Bonchev–Trinajstić information content (AvgIpc) is 2.79. The third-order valence-corrected chi connectivity index (χ3v) is 5.67. The number of carbonyl (C=O) groups is 3. The number of ether oxygens (including phenoxy) is 1. The van der Waals surface area contributed by atoms with Gasteiger partial charge in [0.1, 0.15) is 5.75 Å². The number of rotatable bonds is 6. The molecule has 0 aliphatic heterocycles. The number of methoxy groups -OCH3 is 1. The van der Waals surface area contributed by atoms with Crippen LogP contribution in [-0.4, -0.2) is 30.9 Å². The van der Waals surface area contributed by atoms with Crippen molar-refractivity contribution < 1.29 is 19.1 Å². The van der Waals surface area contributed by atoms with E-state index in [0.717, 1.165) is 37.0 Å². The van der Waals surface area contributed by atoms with Crippen LogP contribution in [-0.2, 0) is 16.1 Å². The molecule has 3 amide bonds. The van der Waals surface area contributed by atoms with Crippen LogP contribution >= 0.6 is 0 Å². The Morgan fingerprint density at radius 3 is 2.39 bits per heavy atom. The standard InChI is InChI=1S/C24H29N3O4/c1-16-7-3-5-9-20(16)26-23(29)24(30)27-21-10-6-4-8-19(21)22(28)25-15-17-11-13-18(31-2)14-12-17/h4,6,8,10-14,16,20H,3,5,7,9,15H2,1-2H3,(H,25,28)(H,26,29)(H,27,30)/t16-,20-/m1/s1. The summed E-state index contributed by atoms with van der Waals surface area (Å²) in [4.78, 5) is 37.5. The number of benzene rings is 2. The lowest BCUT2D eigenvalue weighted by Crippen LogP contribution is -2.46. The topological polar surface area (TPSA) is 96.5 Å². The highest BCUT2D eigenvalue weighted by Gasteiger charge is 2.26. The van der Waals surface area contributed by atoms with Gasteiger partial charge in [-0.05, 0) is 48.6 Å². The molecule has 0 heterocycles. The van der Waals surface area contributed by atoms with Crippen LogP contribution in [0, 0.1) is 5.92 Å². The van der Waals surface area contributed by atoms with E-state index >= 15 is 0 Å². The van der Waals surface area contributed by atoms with Crippen LogP contribution in [0.2, 0.25) is 0 Å². The largest absolute Gasteiger partial charge is 0.497 e. The number of para-hydroxylation sites is 1. The molecule has 0 aromatic heterocycles. The molecular formula is C24H29N3O4. The second-order valence-electron chi connectivity index (χ2n) is 7.87. The fraction of sp³-hybridized carbons (Fsp3) is 0.375. The van der Waals surface area contributed by atoms with Crippen molar-refractivity contribution in [3.63, 3.8) is 0 Å². The Labute approximate surface area is 182 Å². The molecule has 1 fully saturated rings. The summed E-state index contributed by atoms with van der Waals surface area (Å²) < 4.78 is 5.13. The first-order valence-electron chi connectivity index (χ1n) is 10.6. The monoisotopic (exact) mass is 423 g/mol. The zero-order chi connectivity index (χ0) is 22.2. The van der Waals surface area contributed by atoms with Crippen LogP contribution in [0.1, 0.15) is 48.5 Å². The van der Waals surface area contributed by atoms with Crippen molar-refractivity contribution >= 4 is 23.4 Å². The number of nitrogens with one attached hydrogen (secondary N) is 3. The lowest BCUT2D eigenvalue weighted by atomic mass is 9.86. The van der Waals surface area contributed by atoms with Crippen molar-refractivity contribution in [3.8, 4) is 5.75 Å². The Balaban J connectivity index is 1.60. The van der Waals surface area contributed by atoms with Crippen molar-refractivity contribution in [2.75, 3.05) is 12.4 Å². The Morgan fingerprint density at radius 1 is 0.968 bits per heavy atom. The molecule has 0 spiro atoms. The van der Waals surface area contributed by atoms with E-state index in [1.165, 1.54) is 0 Å². The Bertz CT molecular complexity index is 927. The molecule has 31 heavy (non-hydrogen) atoms. The number of anilines is 1. The van der Waals surface area contributed by atoms with Gasteiger partial charge in [0.25, 0.3) is 5.91 Å². The fourth-order valence-electron chi connectivity index (χ4n) is 3.75. The van der Waals surface area contributed by atoms with Crippen LogP contribution < -0.4 is 20.7 Å². The average molecular weight is 424 g/mol. The van der Waals surface area contributed by atoms with Crippen LogP contribution in [0.3, 0.4) is 0 Å². The summed E-state index contributed by atoms with van der Waals surface area (Å²) in [7, 11) is 1.60. The molecule has 3 N–H and O–H groups in total. The molecule has 1 aliphatic carbocycles. The van der Waals surface area contributed by atoms with Gasteiger partial charge in [-0.2, -0.15) is 0 Å². The molecule has 0 radical (unpaired) electrons. The summed E-state index contributed by atoms with van der Waals surface area (Å²) in [5.74, 6) is -0.695. The zero-order valence-corrected chi connectivity index (χ0v) is 17.9. The van der Waals surface area contributed by atoms with Gasteiger partial charge in [-0.1, -0.05) is 44.0 Å². The quantitative estimate of drug-likeness (QED) is 0.622. The SMILES string of the molecule is COc1ccc(CNC(=O)c2ccccc2NC(=O)C(=O)N[C@@H]2CCCC[C@H]2C)cc1. The predicted molar refractivity (Wildman–Crippen MR) is 119 cm³/mol. The van der Waals surface area contributed by atoms with Crippen molar-refractivity contribution in [1.82, 2.24) is 10.6 Å². The Morgan fingerprint density at radius 2 is 1.68 bits per heavy atom. The van der Waals surface area contributed by atoms with Gasteiger partial charge in [0.05, 0.1) is 18.4 Å². The first-order chi connectivity index (χ1) is 15.0. The summed E-state index contributed by atoms with van der Waals surface area (Å²) in [5.41, 5.74) is 1.51. The third kappa shape index (κ3) is 6.07. The summed E-state index contributed by atoms with van der Waals surface area (Å²) in [6, 6.07) is 14.0. The van der Waals surface area contributed by atoms with Crippen molar-refractivity contribution in [1.29, 1.82) is 0 Å². The molecule has 1 aliphatic rings. The van der Waals surface area contributed by atoms with Gasteiger partial charge < -0.3 is 20.7 Å². The smallest absolute Gasteiger partial charge is 0.313 e. The number of hydrogen-bond acceptors (Lipinski definition) is 4. The molecule has 3 rings (SSSR count). The van der Waals surface area contributed by atoms with Gasteiger partial charge in [-0.15, -0.1) is 0 Å². The summed E-state index contributed by atoms with van der Waals surface area (Å²) >= 11 is 0. The molecule has 1 saturated carbocycles. The molecule has 7 nitrogen and oxygen atoms in total. The van der Waals surface area contributed by atoms with E-state index in [4.69, 9.17) is 4.74 Å². The number of hydrogen-bond donors (Lipinski definition) is 3. The summed E-state index contributed by atoms with van der Waals surface area (Å²) in [6.45, 7) is 2.41. The molecule has 164 valence electrons. The van der Waals surface area contributed by atoms with Gasteiger partial charge in [0, 0.05) is 12.6 Å². The van der Waals surface area contributed by atoms with Crippen LogP contribution in [0.15, 0.2) is 48.5 Å². The Hall–Kier alpha value is -3.35. The highest BCUT2D eigenvalue weighted by atomic mass is 16.5. The van der Waals surface area contributed by atoms with Crippen molar-refractivity contribution in [2.45, 2.75) is 45.2 Å². The first kappa shape index (κ1) is 22.3. The molecule has 0 bridgehead atoms. The molecule has 0 saturated heterocycles. The van der Waals surface area contributed by atoms with Gasteiger partial charge in [0.2, 0.25) is 0 Å². The summed E-state index contributed by atoms with van der Waals surface area (Å²) in [6.07, 6.45) is 4.13. The van der Waals surface area contributed by atoms with Crippen LogP contribution in [0.25, 0.3) is 0 Å². The highest BCUT2D eigenvalue weighted by molar-refractivity contribution is 6.40. The van der Waals surface area contributed by atoms with E-state index in [1.807, 2.05) is 24.3 Å². The Kier molecular flexibility index (Phi) is 7.65. The van der Waals surface area contributed by atoms with E-state index in [9.17, 15) is 14.4 Å². The lowest BCUT2D eigenvalue weighted by Gasteiger charge is -2.29. The van der Waals surface area contributed by atoms with E-state index in [0.29, 0.717) is 23.7 Å². The van der Waals surface area contributed by atoms with Crippen molar-refractivity contribution in [3.05, 3.63) is 59.7 Å². The third-order valence-electron chi connectivity index (χ3n) is 5.67. The van der Waals surface area contributed by atoms with Gasteiger partial charge in [-0.3, -0.25) is 14.4 Å². The maximum Gasteiger partial charge on any atom is 0.313 e. The van der Waals surface area contributed by atoms with E-state index < -0.39 is 11.8 Å². The van der Waals surface area contributed by atoms with Crippen LogP contribution in [0.5, 0.6) is 5.75 Å². The van der Waals surface area contributed by atoms with E-state index in [1.54, 1.807) is 31.4 Å². The fourth-order valence-corrected chi connectivity index (χ4v) is 3.75. The van der Waals surface area contributed by atoms with Crippen molar-refractivity contribution in [2.24, 2.45) is 5.92 Å². The first-order valence-corrected chi connectivity index (χ1v) is 10.6. The predicted octanol–water partition coefficient (Wildman–Crippen LogP) is 3.26. The van der Waals surface area contributed by atoms with Crippen LogP contribution in [0.4, 0.5) is 5.69 Å². The van der Waals surface area contributed by atoms with Gasteiger partial charge >= 0.3 is 11.8 Å². The minimum Gasteiger partial charge on any atom is -0.497 e. The minimum absolute atomic E-state index is 0.00930. The second kappa shape index (κ2) is 10.6. The molecule has 2 aromatic carbocycles. The number of carbonyl (C=O) groups excluding carboxylic acids is 3. The maximum absolute atomic E-state index is 12.7. The second-order valence-corrected chi connectivity index (χ2v) is 7.87. The van der Waals surface area contributed by atoms with Gasteiger partial charge in [-0.25, -0.2) is 0 Å². The summed E-state index contributed by atoms with van der Waals surface area (Å²) in [5, 5.41) is 8.25. The number of amides is 3. The molecule has 2 atom stereocenters. The highest BCUT2D eigenvalue weighted by Crippen LogP contribution is 2.23. The molecular weight excluding hydrogens is 394 g/mol. The molecule has 2 aromatic rings. The molecule has 7 heteroatoms. The molecule has 0 unspecified atom stereocenters. The van der Waals surface area contributed by atoms with Gasteiger partial charge in [0.15, 0.2) is 0 Å². The zero-order valence-electron chi connectivity index (χ0n) is 17.9. The van der Waals surface area contributed by atoms with E-state index in [-0.39, 0.29) is 11.9 Å². The van der Waals surface area contributed by atoms with E-state index in [2.05, 4.69) is 22.9 Å². The maximum atomic E-state index is 12.7. The minimum atomic E-state index is -0.770. The lowest BCUT2D eigenvalue weighted by molar-refractivity contribution is -0.137.